The first-order valence-electron chi connectivity index (χ1n) is 7.79. The Bertz CT molecular complexity index is 618. The molecule has 2 atom stereocenters. The topological polar surface area (TPSA) is 34.1 Å². The van der Waals surface area contributed by atoms with Crippen LogP contribution in [-0.4, -0.2) is 23.7 Å². The van der Waals surface area contributed by atoms with Crippen molar-refractivity contribution in [1.82, 2.24) is 10.3 Å². The van der Waals surface area contributed by atoms with Crippen molar-refractivity contribution in [1.29, 1.82) is 0 Å². The minimum Gasteiger partial charge on any atom is -0.378 e. The van der Waals surface area contributed by atoms with Crippen molar-refractivity contribution in [3.63, 3.8) is 0 Å². The van der Waals surface area contributed by atoms with E-state index in [-0.39, 0.29) is 5.41 Å². The molecule has 3 nitrogen and oxygen atoms in total. The highest BCUT2D eigenvalue weighted by Crippen LogP contribution is 2.42. The zero-order chi connectivity index (χ0) is 14.9. The second-order valence-electron chi connectivity index (χ2n) is 6.45. The SMILES string of the molecule is CCOC1CC(NCc2cncc3ccccc23)C1(C)C. The third-order valence-corrected chi connectivity index (χ3v) is 4.84. The quantitative estimate of drug-likeness (QED) is 0.912. The van der Waals surface area contributed by atoms with Crippen molar-refractivity contribution in [2.24, 2.45) is 5.41 Å². The number of fused-ring (bicyclic) bond motifs is 1. The van der Waals surface area contributed by atoms with Gasteiger partial charge < -0.3 is 10.1 Å². The van der Waals surface area contributed by atoms with Crippen LogP contribution in [0.2, 0.25) is 0 Å². The molecule has 1 heterocycles. The Kier molecular flexibility index (Phi) is 3.96. The molecule has 2 aromatic rings. The van der Waals surface area contributed by atoms with Gasteiger partial charge in [0.05, 0.1) is 6.10 Å². The van der Waals surface area contributed by atoms with Gasteiger partial charge in [0.2, 0.25) is 0 Å². The number of hydrogen-bond donors (Lipinski definition) is 1. The van der Waals surface area contributed by atoms with E-state index in [0.29, 0.717) is 12.1 Å². The van der Waals surface area contributed by atoms with Gasteiger partial charge in [-0.1, -0.05) is 38.1 Å². The fourth-order valence-electron chi connectivity index (χ4n) is 3.27. The molecular formula is C18H24N2O. The monoisotopic (exact) mass is 284 g/mol. The Labute approximate surface area is 126 Å². The first-order valence-corrected chi connectivity index (χ1v) is 7.79. The van der Waals surface area contributed by atoms with Gasteiger partial charge in [-0.05, 0) is 24.3 Å². The number of benzene rings is 1. The lowest BCUT2D eigenvalue weighted by Crippen LogP contribution is -2.60. The lowest BCUT2D eigenvalue weighted by molar-refractivity contribution is -0.114. The van der Waals surface area contributed by atoms with Crippen LogP contribution in [0.4, 0.5) is 0 Å². The van der Waals surface area contributed by atoms with Crippen molar-refractivity contribution in [2.75, 3.05) is 6.61 Å². The van der Waals surface area contributed by atoms with Crippen LogP contribution in [-0.2, 0) is 11.3 Å². The van der Waals surface area contributed by atoms with E-state index in [1.807, 2.05) is 12.4 Å². The van der Waals surface area contributed by atoms with Crippen LogP contribution in [0.5, 0.6) is 0 Å². The van der Waals surface area contributed by atoms with E-state index in [9.17, 15) is 0 Å². The van der Waals surface area contributed by atoms with Crippen LogP contribution < -0.4 is 5.32 Å². The molecule has 0 spiro atoms. The van der Waals surface area contributed by atoms with Crippen molar-refractivity contribution in [3.05, 3.63) is 42.2 Å². The van der Waals surface area contributed by atoms with Gasteiger partial charge in [-0.2, -0.15) is 0 Å². The second kappa shape index (κ2) is 5.74. The molecule has 1 saturated carbocycles. The van der Waals surface area contributed by atoms with Crippen LogP contribution in [0.1, 0.15) is 32.8 Å². The molecule has 1 aliphatic rings. The molecule has 0 bridgehead atoms. The number of hydrogen-bond acceptors (Lipinski definition) is 3. The molecular weight excluding hydrogens is 260 g/mol. The average Bonchev–Trinajstić information content (AvgIpc) is 2.50. The number of ether oxygens (including phenoxy) is 1. The summed E-state index contributed by atoms with van der Waals surface area (Å²) in [6.07, 6.45) is 5.38. The van der Waals surface area contributed by atoms with Crippen LogP contribution in [0, 0.1) is 5.41 Å². The van der Waals surface area contributed by atoms with E-state index in [1.54, 1.807) is 0 Å². The van der Waals surface area contributed by atoms with E-state index in [4.69, 9.17) is 4.74 Å². The molecule has 1 aromatic carbocycles. The van der Waals surface area contributed by atoms with Gasteiger partial charge in [0.25, 0.3) is 0 Å². The van der Waals surface area contributed by atoms with Crippen molar-refractivity contribution < 1.29 is 4.74 Å². The van der Waals surface area contributed by atoms with Gasteiger partial charge in [-0.3, -0.25) is 4.98 Å². The molecule has 1 aromatic heterocycles. The van der Waals surface area contributed by atoms with Crippen molar-refractivity contribution in [2.45, 2.75) is 45.9 Å². The molecule has 0 saturated heterocycles. The van der Waals surface area contributed by atoms with Gasteiger partial charge in [0.1, 0.15) is 0 Å². The lowest BCUT2D eigenvalue weighted by Gasteiger charge is -2.52. The first-order chi connectivity index (χ1) is 10.1. The molecule has 1 fully saturated rings. The third-order valence-electron chi connectivity index (χ3n) is 4.84. The molecule has 1 aliphatic carbocycles. The highest BCUT2D eigenvalue weighted by atomic mass is 16.5. The predicted octanol–water partition coefficient (Wildman–Crippen LogP) is 3.53. The normalized spacial score (nSPS) is 24.0. The Morgan fingerprint density at radius 3 is 2.86 bits per heavy atom. The molecule has 21 heavy (non-hydrogen) atoms. The van der Waals surface area contributed by atoms with Crippen LogP contribution in [0.3, 0.4) is 0 Å². The smallest absolute Gasteiger partial charge is 0.0655 e. The summed E-state index contributed by atoms with van der Waals surface area (Å²) in [6, 6.07) is 8.94. The highest BCUT2D eigenvalue weighted by molar-refractivity contribution is 5.84. The summed E-state index contributed by atoms with van der Waals surface area (Å²) in [6.45, 7) is 8.31. The molecule has 0 radical (unpaired) electrons. The Balaban J connectivity index is 1.68. The molecule has 0 aliphatic heterocycles. The minimum atomic E-state index is 0.202. The van der Waals surface area contributed by atoms with Gasteiger partial charge >= 0.3 is 0 Å². The predicted molar refractivity (Wildman–Crippen MR) is 86.2 cm³/mol. The molecule has 1 N–H and O–H groups in total. The molecule has 3 rings (SSSR count). The maximum atomic E-state index is 5.79. The number of nitrogens with zero attached hydrogens (tertiary/aromatic N) is 1. The molecule has 3 heteroatoms. The summed E-state index contributed by atoms with van der Waals surface area (Å²) in [5.74, 6) is 0. The standard InChI is InChI=1S/C18H24N2O/c1-4-21-17-9-16(18(17,2)3)20-12-14-11-19-10-13-7-5-6-8-15(13)14/h5-8,10-11,16-17,20H,4,9,12H2,1-3H3. The van der Waals surface area contributed by atoms with E-state index < -0.39 is 0 Å². The first kappa shape index (κ1) is 14.5. The zero-order valence-electron chi connectivity index (χ0n) is 13.1. The summed E-state index contributed by atoms with van der Waals surface area (Å²) in [5.41, 5.74) is 1.47. The summed E-state index contributed by atoms with van der Waals surface area (Å²) >= 11 is 0. The van der Waals surface area contributed by atoms with E-state index in [1.165, 1.54) is 16.3 Å². The largest absolute Gasteiger partial charge is 0.378 e. The summed E-state index contributed by atoms with van der Waals surface area (Å²) in [5, 5.41) is 6.18. The molecule has 112 valence electrons. The van der Waals surface area contributed by atoms with Crippen molar-refractivity contribution in [3.8, 4) is 0 Å². The lowest BCUT2D eigenvalue weighted by atomic mass is 9.64. The van der Waals surface area contributed by atoms with E-state index >= 15 is 0 Å². The third kappa shape index (κ3) is 2.68. The van der Waals surface area contributed by atoms with Gasteiger partial charge in [-0.15, -0.1) is 0 Å². The molecule has 2 unspecified atom stereocenters. The number of nitrogens with one attached hydrogen (secondary N) is 1. The van der Waals surface area contributed by atoms with Crippen LogP contribution in [0.25, 0.3) is 10.8 Å². The van der Waals surface area contributed by atoms with E-state index in [0.717, 1.165) is 19.6 Å². The summed E-state index contributed by atoms with van der Waals surface area (Å²) in [4.78, 5) is 4.35. The maximum Gasteiger partial charge on any atom is 0.0655 e. The molecule has 0 amide bonds. The number of pyridine rings is 1. The maximum absolute atomic E-state index is 5.79. The summed E-state index contributed by atoms with van der Waals surface area (Å²) < 4.78 is 5.79. The Hall–Kier alpha value is -1.45. The number of rotatable bonds is 5. The van der Waals surface area contributed by atoms with Gasteiger partial charge in [0.15, 0.2) is 0 Å². The fourth-order valence-corrected chi connectivity index (χ4v) is 3.27. The highest BCUT2D eigenvalue weighted by Gasteiger charge is 2.48. The van der Waals surface area contributed by atoms with Gasteiger partial charge in [0, 0.05) is 42.4 Å². The van der Waals surface area contributed by atoms with Crippen LogP contribution in [0.15, 0.2) is 36.7 Å². The Morgan fingerprint density at radius 1 is 1.29 bits per heavy atom. The summed E-state index contributed by atoms with van der Waals surface area (Å²) in [7, 11) is 0. The van der Waals surface area contributed by atoms with Crippen molar-refractivity contribution >= 4 is 10.8 Å². The van der Waals surface area contributed by atoms with Crippen LogP contribution >= 0.6 is 0 Å². The average molecular weight is 284 g/mol. The number of aromatic nitrogens is 1. The fraction of sp³-hybridized carbons (Fsp3) is 0.500. The van der Waals surface area contributed by atoms with Gasteiger partial charge in [-0.25, -0.2) is 0 Å². The second-order valence-corrected chi connectivity index (χ2v) is 6.45. The minimum absolute atomic E-state index is 0.202. The zero-order valence-corrected chi connectivity index (χ0v) is 13.1. The Morgan fingerprint density at radius 2 is 2.10 bits per heavy atom. The van der Waals surface area contributed by atoms with E-state index in [2.05, 4.69) is 55.3 Å².